The number of rotatable bonds is 7. The minimum atomic E-state index is -3.58. The summed E-state index contributed by atoms with van der Waals surface area (Å²) in [6.45, 7) is 9.15. The van der Waals surface area contributed by atoms with E-state index in [2.05, 4.69) is 45.1 Å². The van der Waals surface area contributed by atoms with Gasteiger partial charge in [-0.05, 0) is 60.1 Å². The molecule has 7 heteroatoms. The first-order chi connectivity index (χ1) is 15.1. The van der Waals surface area contributed by atoms with Gasteiger partial charge in [0.05, 0.1) is 12.0 Å². The highest BCUT2D eigenvalue weighted by Gasteiger charge is 2.32. The van der Waals surface area contributed by atoms with Crippen molar-refractivity contribution in [2.75, 3.05) is 25.5 Å². The van der Waals surface area contributed by atoms with E-state index in [1.54, 1.807) is 31.4 Å². The molecule has 0 spiro atoms. The first-order valence-electron chi connectivity index (χ1n) is 11.2. The largest absolute Gasteiger partial charge is 0.497 e. The fourth-order valence-corrected chi connectivity index (χ4v) is 5.65. The van der Waals surface area contributed by atoms with Gasteiger partial charge in [-0.1, -0.05) is 45.9 Å². The first kappa shape index (κ1) is 24.3. The van der Waals surface area contributed by atoms with Gasteiger partial charge in [0.2, 0.25) is 15.9 Å². The van der Waals surface area contributed by atoms with E-state index in [1.807, 2.05) is 6.07 Å². The number of methoxy groups -OCH3 is 1. The number of ether oxygens (including phenoxy) is 1. The van der Waals surface area contributed by atoms with Gasteiger partial charge >= 0.3 is 0 Å². The number of anilines is 1. The van der Waals surface area contributed by atoms with Gasteiger partial charge in [-0.2, -0.15) is 4.31 Å². The number of hydrogen-bond acceptors (Lipinski definition) is 4. The average Bonchev–Trinajstić information content (AvgIpc) is 2.79. The molecule has 0 bridgehead atoms. The number of carbonyl (C=O) groups excluding carboxylic acids is 1. The highest BCUT2D eigenvalue weighted by atomic mass is 32.2. The second-order valence-corrected chi connectivity index (χ2v) is 10.9. The number of sulfonamides is 1. The van der Waals surface area contributed by atoms with E-state index in [4.69, 9.17) is 4.74 Å². The van der Waals surface area contributed by atoms with Crippen LogP contribution in [0, 0.1) is 5.92 Å². The molecule has 6 nitrogen and oxygen atoms in total. The van der Waals surface area contributed by atoms with E-state index < -0.39 is 10.0 Å². The molecule has 1 aliphatic rings. The van der Waals surface area contributed by atoms with Crippen molar-refractivity contribution >= 4 is 21.6 Å². The molecule has 1 fully saturated rings. The molecule has 3 rings (SSSR count). The zero-order valence-electron chi connectivity index (χ0n) is 19.6. The van der Waals surface area contributed by atoms with Crippen LogP contribution in [0.25, 0.3) is 0 Å². The number of carbonyl (C=O) groups is 1. The van der Waals surface area contributed by atoms with Crippen LogP contribution >= 0.6 is 0 Å². The zero-order valence-corrected chi connectivity index (χ0v) is 20.4. The SMILES string of the molecule is COc1ccc(S(=O)(=O)N2CCC(C(=O)Nc3c(C(C)C)cccc3C(C)C)CC2)cc1. The van der Waals surface area contributed by atoms with Crippen LogP contribution in [0.4, 0.5) is 5.69 Å². The van der Waals surface area contributed by atoms with Crippen molar-refractivity contribution in [2.45, 2.75) is 57.3 Å². The molecule has 1 amide bonds. The third-order valence-corrected chi connectivity index (χ3v) is 8.06. The zero-order chi connectivity index (χ0) is 23.5. The topological polar surface area (TPSA) is 75.7 Å². The van der Waals surface area contributed by atoms with Crippen molar-refractivity contribution in [2.24, 2.45) is 5.92 Å². The maximum atomic E-state index is 13.1. The number of nitrogens with one attached hydrogen (secondary N) is 1. The minimum Gasteiger partial charge on any atom is -0.497 e. The second kappa shape index (κ2) is 10.0. The molecule has 0 unspecified atom stereocenters. The molecule has 1 aliphatic heterocycles. The lowest BCUT2D eigenvalue weighted by Crippen LogP contribution is -2.41. The lowest BCUT2D eigenvalue weighted by molar-refractivity contribution is -0.120. The van der Waals surface area contributed by atoms with Crippen LogP contribution in [0.15, 0.2) is 47.4 Å². The summed E-state index contributed by atoms with van der Waals surface area (Å²) < 4.78 is 32.5. The molecule has 1 heterocycles. The Morgan fingerprint density at radius 1 is 0.969 bits per heavy atom. The van der Waals surface area contributed by atoms with Gasteiger partial charge in [-0.3, -0.25) is 4.79 Å². The van der Waals surface area contributed by atoms with Crippen molar-refractivity contribution in [3.8, 4) is 5.75 Å². The van der Waals surface area contributed by atoms with Crippen molar-refractivity contribution in [3.05, 3.63) is 53.6 Å². The van der Waals surface area contributed by atoms with Crippen LogP contribution in [-0.4, -0.2) is 38.8 Å². The van der Waals surface area contributed by atoms with E-state index >= 15 is 0 Å². The van der Waals surface area contributed by atoms with Crippen LogP contribution in [-0.2, 0) is 14.8 Å². The first-order valence-corrected chi connectivity index (χ1v) is 12.7. The summed E-state index contributed by atoms with van der Waals surface area (Å²) in [4.78, 5) is 13.4. The summed E-state index contributed by atoms with van der Waals surface area (Å²) >= 11 is 0. The van der Waals surface area contributed by atoms with Crippen molar-refractivity contribution < 1.29 is 17.9 Å². The highest BCUT2D eigenvalue weighted by Crippen LogP contribution is 2.33. The lowest BCUT2D eigenvalue weighted by Gasteiger charge is -2.31. The normalized spacial score (nSPS) is 15.8. The number of piperidine rings is 1. The number of para-hydroxylation sites is 1. The Morgan fingerprint density at radius 2 is 1.50 bits per heavy atom. The smallest absolute Gasteiger partial charge is 0.243 e. The third kappa shape index (κ3) is 5.15. The Bertz CT molecular complexity index is 1010. The van der Waals surface area contributed by atoms with E-state index in [1.165, 1.54) is 4.31 Å². The molecule has 1 N–H and O–H groups in total. The van der Waals surface area contributed by atoms with Crippen molar-refractivity contribution in [3.63, 3.8) is 0 Å². The van der Waals surface area contributed by atoms with Gasteiger partial charge in [0.25, 0.3) is 0 Å². The van der Waals surface area contributed by atoms with Crippen LogP contribution in [0.2, 0.25) is 0 Å². The Morgan fingerprint density at radius 3 is 1.97 bits per heavy atom. The summed E-state index contributed by atoms with van der Waals surface area (Å²) in [6.07, 6.45) is 1.00. The van der Waals surface area contributed by atoms with Crippen LogP contribution in [0.1, 0.15) is 63.5 Å². The summed E-state index contributed by atoms with van der Waals surface area (Å²) in [7, 11) is -2.04. The minimum absolute atomic E-state index is 0.0264. The molecule has 2 aromatic rings. The van der Waals surface area contributed by atoms with E-state index in [0.29, 0.717) is 43.5 Å². The van der Waals surface area contributed by atoms with Gasteiger partial charge in [0, 0.05) is 24.7 Å². The number of hydrogen-bond donors (Lipinski definition) is 1. The van der Waals surface area contributed by atoms with Crippen molar-refractivity contribution in [1.29, 1.82) is 0 Å². The summed E-state index contributed by atoms with van der Waals surface area (Å²) in [5, 5.41) is 3.19. The molecule has 0 saturated carbocycles. The number of benzene rings is 2. The Hall–Kier alpha value is -2.38. The van der Waals surface area contributed by atoms with Crippen LogP contribution in [0.3, 0.4) is 0 Å². The molecule has 174 valence electrons. The fourth-order valence-electron chi connectivity index (χ4n) is 4.18. The molecule has 2 aromatic carbocycles. The van der Waals surface area contributed by atoms with Crippen LogP contribution in [0.5, 0.6) is 5.75 Å². The number of amides is 1. The molecule has 32 heavy (non-hydrogen) atoms. The Labute approximate surface area is 192 Å². The van der Waals surface area contributed by atoms with Crippen molar-refractivity contribution in [1.82, 2.24) is 4.31 Å². The second-order valence-electron chi connectivity index (χ2n) is 8.96. The molecule has 0 atom stereocenters. The summed E-state index contributed by atoms with van der Waals surface area (Å²) in [5.41, 5.74) is 3.17. The monoisotopic (exact) mass is 458 g/mol. The Kier molecular flexibility index (Phi) is 7.62. The fraction of sp³-hybridized carbons (Fsp3) is 0.480. The van der Waals surface area contributed by atoms with Gasteiger partial charge in [-0.15, -0.1) is 0 Å². The lowest BCUT2D eigenvalue weighted by atomic mass is 9.91. The van der Waals surface area contributed by atoms with Gasteiger partial charge in [0.1, 0.15) is 5.75 Å². The van der Waals surface area contributed by atoms with Gasteiger partial charge < -0.3 is 10.1 Å². The summed E-state index contributed by atoms with van der Waals surface area (Å²) in [6, 6.07) is 12.6. The predicted octanol–water partition coefficient (Wildman–Crippen LogP) is 4.98. The molecule has 0 aliphatic carbocycles. The maximum absolute atomic E-state index is 13.1. The predicted molar refractivity (Wildman–Crippen MR) is 128 cm³/mol. The number of nitrogens with zero attached hydrogens (tertiary/aromatic N) is 1. The quantitative estimate of drug-likeness (QED) is 0.635. The van der Waals surface area contributed by atoms with Gasteiger partial charge in [-0.25, -0.2) is 8.42 Å². The Balaban J connectivity index is 1.70. The highest BCUT2D eigenvalue weighted by molar-refractivity contribution is 7.89. The maximum Gasteiger partial charge on any atom is 0.243 e. The molecule has 1 saturated heterocycles. The standard InChI is InChI=1S/C25H34N2O4S/c1-17(2)22-7-6-8-23(18(3)4)24(22)26-25(28)19-13-15-27(16-14-19)32(29,30)21-11-9-20(31-5)10-12-21/h6-12,17-19H,13-16H2,1-5H3,(H,26,28). The molecule has 0 aromatic heterocycles. The average molecular weight is 459 g/mol. The van der Waals surface area contributed by atoms with Gasteiger partial charge in [0.15, 0.2) is 0 Å². The molecule has 0 radical (unpaired) electrons. The van der Waals surface area contributed by atoms with E-state index in [0.717, 1.165) is 16.8 Å². The van der Waals surface area contributed by atoms with E-state index in [-0.39, 0.29) is 16.7 Å². The molecular formula is C25H34N2O4S. The van der Waals surface area contributed by atoms with Crippen LogP contribution < -0.4 is 10.1 Å². The summed E-state index contributed by atoms with van der Waals surface area (Å²) in [5.74, 6) is 0.960. The third-order valence-electron chi connectivity index (χ3n) is 6.14. The van der Waals surface area contributed by atoms with E-state index in [9.17, 15) is 13.2 Å². The molecular weight excluding hydrogens is 424 g/mol.